The van der Waals surface area contributed by atoms with Gasteiger partial charge in [0.25, 0.3) is 0 Å². The summed E-state index contributed by atoms with van der Waals surface area (Å²) in [4.78, 5) is 0. The van der Waals surface area contributed by atoms with Gasteiger partial charge in [0.15, 0.2) is 0 Å². The van der Waals surface area contributed by atoms with Crippen molar-refractivity contribution in [3.05, 3.63) is 33.8 Å². The molecule has 0 amide bonds. The van der Waals surface area contributed by atoms with Crippen LogP contribution in [0, 0.1) is 11.6 Å². The Bertz CT molecular complexity index is 408. The maximum atomic E-state index is 13.7. The van der Waals surface area contributed by atoms with Gasteiger partial charge in [0.2, 0.25) is 0 Å². The third-order valence-electron chi connectivity index (χ3n) is 2.85. The first-order valence-electron chi connectivity index (χ1n) is 5.27. The van der Waals surface area contributed by atoms with Crippen LogP contribution >= 0.6 is 27.5 Å². The van der Waals surface area contributed by atoms with Crippen molar-refractivity contribution in [3.8, 4) is 0 Å². The van der Waals surface area contributed by atoms with Gasteiger partial charge in [-0.15, -0.1) is 11.6 Å². The summed E-state index contributed by atoms with van der Waals surface area (Å²) in [5, 5.41) is 2.90. The Kier molecular flexibility index (Phi) is 4.93. The van der Waals surface area contributed by atoms with Gasteiger partial charge < -0.3 is 5.32 Å². The summed E-state index contributed by atoms with van der Waals surface area (Å²) in [6.45, 7) is 5.71. The summed E-state index contributed by atoms with van der Waals surface area (Å²) >= 11 is 9.02. The summed E-state index contributed by atoms with van der Waals surface area (Å²) in [7, 11) is 0. The second kappa shape index (κ2) is 5.63. The number of benzene rings is 1. The van der Waals surface area contributed by atoms with E-state index >= 15 is 0 Å². The number of hydrogen-bond donors (Lipinski definition) is 1. The third kappa shape index (κ3) is 3.63. The van der Waals surface area contributed by atoms with E-state index in [-0.39, 0.29) is 22.0 Å². The standard InChI is InChI=1S/C12H15BrClF2N/c1-7(14)12(2,3)17-6-8-10(15)5-4-9(13)11(8)16/h4-5,7,17H,6H2,1-3H3. The lowest BCUT2D eigenvalue weighted by molar-refractivity contribution is 0.371. The van der Waals surface area contributed by atoms with Gasteiger partial charge in [0.1, 0.15) is 11.6 Å². The lowest BCUT2D eigenvalue weighted by atomic mass is 10.0. The summed E-state index contributed by atoms with van der Waals surface area (Å²) in [6.07, 6.45) is 0. The molecule has 0 aliphatic rings. The Morgan fingerprint density at radius 3 is 2.53 bits per heavy atom. The molecule has 0 heterocycles. The van der Waals surface area contributed by atoms with E-state index in [9.17, 15) is 8.78 Å². The Morgan fingerprint density at radius 1 is 1.41 bits per heavy atom. The smallest absolute Gasteiger partial charge is 0.144 e. The van der Waals surface area contributed by atoms with Gasteiger partial charge in [-0.05, 0) is 48.8 Å². The molecule has 0 fully saturated rings. The second-order valence-electron chi connectivity index (χ2n) is 4.51. The van der Waals surface area contributed by atoms with E-state index in [1.165, 1.54) is 12.1 Å². The molecule has 0 spiro atoms. The van der Waals surface area contributed by atoms with Crippen molar-refractivity contribution in [1.82, 2.24) is 5.32 Å². The Hall–Kier alpha value is -0.190. The first-order valence-corrected chi connectivity index (χ1v) is 6.50. The van der Waals surface area contributed by atoms with Crippen molar-refractivity contribution in [2.24, 2.45) is 0 Å². The van der Waals surface area contributed by atoms with Crippen LogP contribution in [0.15, 0.2) is 16.6 Å². The number of alkyl halides is 1. The largest absolute Gasteiger partial charge is 0.306 e. The predicted octanol–water partition coefficient (Wildman–Crippen LogP) is 4.22. The predicted molar refractivity (Wildman–Crippen MR) is 70.3 cm³/mol. The van der Waals surface area contributed by atoms with Crippen molar-refractivity contribution in [2.75, 3.05) is 0 Å². The molecule has 5 heteroatoms. The van der Waals surface area contributed by atoms with Crippen LogP contribution in [0.4, 0.5) is 8.78 Å². The van der Waals surface area contributed by atoms with E-state index in [0.29, 0.717) is 0 Å². The zero-order valence-electron chi connectivity index (χ0n) is 9.95. The number of nitrogens with one attached hydrogen (secondary N) is 1. The van der Waals surface area contributed by atoms with Crippen LogP contribution in [0.2, 0.25) is 0 Å². The quantitative estimate of drug-likeness (QED) is 0.645. The fourth-order valence-electron chi connectivity index (χ4n) is 1.19. The Balaban J connectivity index is 2.87. The first-order chi connectivity index (χ1) is 7.75. The third-order valence-corrected chi connectivity index (χ3v) is 4.01. The van der Waals surface area contributed by atoms with Crippen molar-refractivity contribution in [3.63, 3.8) is 0 Å². The van der Waals surface area contributed by atoms with Gasteiger partial charge in [0.05, 0.1) is 4.47 Å². The number of hydrogen-bond acceptors (Lipinski definition) is 1. The molecular weight excluding hydrogens is 311 g/mol. The minimum absolute atomic E-state index is 0.0183. The molecule has 0 bridgehead atoms. The average Bonchev–Trinajstić information content (AvgIpc) is 2.23. The van der Waals surface area contributed by atoms with Crippen LogP contribution in [-0.4, -0.2) is 10.9 Å². The van der Waals surface area contributed by atoms with E-state index in [1.807, 2.05) is 20.8 Å². The van der Waals surface area contributed by atoms with Gasteiger partial charge in [-0.1, -0.05) is 0 Å². The maximum Gasteiger partial charge on any atom is 0.144 e. The first kappa shape index (κ1) is 14.9. The molecule has 0 aliphatic carbocycles. The van der Waals surface area contributed by atoms with E-state index in [1.54, 1.807) is 0 Å². The van der Waals surface area contributed by atoms with Crippen LogP contribution in [0.3, 0.4) is 0 Å². The number of rotatable bonds is 4. The van der Waals surface area contributed by atoms with E-state index in [0.717, 1.165) is 0 Å². The van der Waals surface area contributed by atoms with Crippen molar-refractivity contribution >= 4 is 27.5 Å². The number of halogens is 4. The zero-order valence-corrected chi connectivity index (χ0v) is 12.3. The molecule has 0 radical (unpaired) electrons. The average molecular weight is 327 g/mol. The highest BCUT2D eigenvalue weighted by Crippen LogP contribution is 2.23. The van der Waals surface area contributed by atoms with Gasteiger partial charge in [-0.25, -0.2) is 8.78 Å². The molecule has 96 valence electrons. The molecule has 0 saturated heterocycles. The SMILES string of the molecule is CC(Cl)C(C)(C)NCc1c(F)ccc(Br)c1F. The van der Waals surface area contributed by atoms with Crippen molar-refractivity contribution in [1.29, 1.82) is 0 Å². The molecule has 1 nitrogen and oxygen atoms in total. The molecule has 1 aromatic rings. The van der Waals surface area contributed by atoms with E-state index < -0.39 is 17.2 Å². The van der Waals surface area contributed by atoms with Gasteiger partial charge in [0, 0.05) is 23.0 Å². The fourth-order valence-corrected chi connectivity index (χ4v) is 1.64. The molecule has 1 aromatic carbocycles. The monoisotopic (exact) mass is 325 g/mol. The second-order valence-corrected chi connectivity index (χ2v) is 6.02. The highest BCUT2D eigenvalue weighted by atomic mass is 79.9. The molecule has 1 atom stereocenters. The van der Waals surface area contributed by atoms with Crippen LogP contribution in [-0.2, 0) is 6.54 Å². The zero-order chi connectivity index (χ0) is 13.2. The summed E-state index contributed by atoms with van der Waals surface area (Å²) in [5.74, 6) is -1.13. The van der Waals surface area contributed by atoms with E-state index in [2.05, 4.69) is 21.2 Å². The van der Waals surface area contributed by atoms with Crippen LogP contribution in [0.1, 0.15) is 26.3 Å². The van der Waals surface area contributed by atoms with Crippen molar-refractivity contribution in [2.45, 2.75) is 38.2 Å². The molecule has 1 rings (SSSR count). The Labute approximate surface area is 114 Å². The molecule has 1 N–H and O–H groups in total. The van der Waals surface area contributed by atoms with Gasteiger partial charge in [-0.3, -0.25) is 0 Å². The maximum absolute atomic E-state index is 13.7. The summed E-state index contributed by atoms with van der Waals surface area (Å²) in [5.41, 5.74) is -0.382. The fraction of sp³-hybridized carbons (Fsp3) is 0.500. The molecular formula is C12H15BrClF2N. The summed E-state index contributed by atoms with van der Waals surface area (Å²) < 4.78 is 27.4. The normalized spacial score (nSPS) is 13.8. The topological polar surface area (TPSA) is 12.0 Å². The molecule has 1 unspecified atom stereocenters. The molecule has 0 saturated carbocycles. The molecule has 17 heavy (non-hydrogen) atoms. The van der Waals surface area contributed by atoms with Crippen LogP contribution in [0.25, 0.3) is 0 Å². The highest BCUT2D eigenvalue weighted by molar-refractivity contribution is 9.10. The Morgan fingerprint density at radius 2 is 2.00 bits per heavy atom. The molecule has 0 aromatic heterocycles. The minimum Gasteiger partial charge on any atom is -0.306 e. The summed E-state index contributed by atoms with van der Waals surface area (Å²) in [6, 6.07) is 2.59. The van der Waals surface area contributed by atoms with Gasteiger partial charge in [-0.2, -0.15) is 0 Å². The highest BCUT2D eigenvalue weighted by Gasteiger charge is 2.24. The van der Waals surface area contributed by atoms with Crippen LogP contribution < -0.4 is 5.32 Å². The molecule has 0 aliphatic heterocycles. The lowest BCUT2D eigenvalue weighted by Gasteiger charge is -2.29. The lowest BCUT2D eigenvalue weighted by Crippen LogP contribution is -2.45. The van der Waals surface area contributed by atoms with E-state index in [4.69, 9.17) is 11.6 Å². The van der Waals surface area contributed by atoms with Crippen molar-refractivity contribution < 1.29 is 8.78 Å². The van der Waals surface area contributed by atoms with Crippen LogP contribution in [0.5, 0.6) is 0 Å². The van der Waals surface area contributed by atoms with Gasteiger partial charge >= 0.3 is 0 Å². The minimum atomic E-state index is -0.574.